The Bertz CT molecular complexity index is 96.7. The van der Waals surface area contributed by atoms with Crippen LogP contribution in [0.3, 0.4) is 0 Å². The van der Waals surface area contributed by atoms with E-state index in [1.54, 1.807) is 0 Å². The SMILES string of the molecule is FCC1C2CCNCC12. The van der Waals surface area contributed by atoms with Gasteiger partial charge in [-0.2, -0.15) is 0 Å². The maximum absolute atomic E-state index is 12.1. The van der Waals surface area contributed by atoms with E-state index >= 15 is 0 Å². The monoisotopic (exact) mass is 129 g/mol. The summed E-state index contributed by atoms with van der Waals surface area (Å²) in [6, 6.07) is 0. The summed E-state index contributed by atoms with van der Waals surface area (Å²) in [5.41, 5.74) is 0. The number of fused-ring (bicyclic) bond motifs is 1. The third-order valence-corrected chi connectivity index (χ3v) is 2.72. The predicted octanol–water partition coefficient (Wildman–Crippen LogP) is 0.811. The summed E-state index contributed by atoms with van der Waals surface area (Å²) in [7, 11) is 0. The van der Waals surface area contributed by atoms with Gasteiger partial charge in [0, 0.05) is 0 Å². The summed E-state index contributed by atoms with van der Waals surface area (Å²) in [6.07, 6.45) is 1.21. The van der Waals surface area contributed by atoms with Gasteiger partial charge in [0.2, 0.25) is 0 Å². The number of hydrogen-bond acceptors (Lipinski definition) is 1. The van der Waals surface area contributed by atoms with Crippen molar-refractivity contribution in [3.8, 4) is 0 Å². The van der Waals surface area contributed by atoms with Crippen molar-refractivity contribution < 1.29 is 4.39 Å². The van der Waals surface area contributed by atoms with Gasteiger partial charge in [-0.05, 0) is 37.3 Å². The lowest BCUT2D eigenvalue weighted by atomic mass is 10.2. The van der Waals surface area contributed by atoms with Gasteiger partial charge in [0.05, 0.1) is 6.67 Å². The summed E-state index contributed by atoms with van der Waals surface area (Å²) in [6.45, 7) is 2.09. The summed E-state index contributed by atoms with van der Waals surface area (Å²) in [5.74, 6) is 1.87. The lowest BCUT2D eigenvalue weighted by Gasteiger charge is -2.07. The molecule has 52 valence electrons. The van der Waals surface area contributed by atoms with E-state index < -0.39 is 0 Å². The van der Waals surface area contributed by atoms with Crippen LogP contribution in [0.4, 0.5) is 4.39 Å². The van der Waals surface area contributed by atoms with Gasteiger partial charge >= 0.3 is 0 Å². The van der Waals surface area contributed by atoms with Crippen LogP contribution in [0.2, 0.25) is 0 Å². The Labute approximate surface area is 54.6 Å². The summed E-state index contributed by atoms with van der Waals surface area (Å²) in [5, 5.41) is 3.27. The van der Waals surface area contributed by atoms with E-state index in [0.29, 0.717) is 11.8 Å². The first-order chi connectivity index (χ1) is 4.43. The topological polar surface area (TPSA) is 12.0 Å². The lowest BCUT2D eigenvalue weighted by molar-refractivity contribution is 0.433. The molecule has 3 atom stereocenters. The quantitative estimate of drug-likeness (QED) is 0.552. The number of nitrogens with one attached hydrogen (secondary N) is 1. The zero-order valence-corrected chi connectivity index (χ0v) is 5.44. The molecule has 1 N–H and O–H groups in total. The minimum absolute atomic E-state index is 0.0863. The third-order valence-electron chi connectivity index (χ3n) is 2.72. The van der Waals surface area contributed by atoms with E-state index in [1.807, 2.05) is 0 Å². The molecule has 1 nitrogen and oxygen atoms in total. The molecule has 2 aliphatic rings. The predicted molar refractivity (Wildman–Crippen MR) is 33.9 cm³/mol. The van der Waals surface area contributed by atoms with Crippen LogP contribution in [0.15, 0.2) is 0 Å². The van der Waals surface area contributed by atoms with Gasteiger partial charge in [0.15, 0.2) is 0 Å². The molecule has 0 radical (unpaired) electrons. The van der Waals surface area contributed by atoms with Gasteiger partial charge in [-0.15, -0.1) is 0 Å². The molecule has 1 aliphatic heterocycles. The first-order valence-electron chi connectivity index (χ1n) is 3.70. The highest BCUT2D eigenvalue weighted by atomic mass is 19.1. The second kappa shape index (κ2) is 1.94. The molecular formula is C7H12FN. The minimum Gasteiger partial charge on any atom is -0.316 e. The number of halogens is 1. The molecule has 3 unspecified atom stereocenters. The Kier molecular flexibility index (Phi) is 1.22. The molecule has 0 aromatic heterocycles. The van der Waals surface area contributed by atoms with Crippen LogP contribution in [0.25, 0.3) is 0 Å². The molecule has 1 aliphatic carbocycles. The number of piperidine rings is 1. The molecule has 1 heterocycles. The number of alkyl halides is 1. The summed E-state index contributed by atoms with van der Waals surface area (Å²) < 4.78 is 12.1. The van der Waals surface area contributed by atoms with Crippen molar-refractivity contribution in [2.24, 2.45) is 17.8 Å². The fraction of sp³-hybridized carbons (Fsp3) is 1.00. The Balaban J connectivity index is 1.91. The van der Waals surface area contributed by atoms with E-state index in [0.717, 1.165) is 19.0 Å². The fourth-order valence-electron chi connectivity index (χ4n) is 2.02. The average molecular weight is 129 g/mol. The third kappa shape index (κ3) is 0.767. The largest absolute Gasteiger partial charge is 0.316 e. The number of rotatable bonds is 1. The molecule has 0 amide bonds. The molecule has 0 aromatic rings. The van der Waals surface area contributed by atoms with Crippen LogP contribution in [0.5, 0.6) is 0 Å². The Morgan fingerprint density at radius 2 is 2.33 bits per heavy atom. The fourth-order valence-corrected chi connectivity index (χ4v) is 2.02. The molecule has 9 heavy (non-hydrogen) atoms. The molecule has 1 saturated heterocycles. The first kappa shape index (κ1) is 5.66. The highest BCUT2D eigenvalue weighted by Crippen LogP contribution is 2.49. The summed E-state index contributed by atoms with van der Waals surface area (Å²) >= 11 is 0. The smallest absolute Gasteiger partial charge is 0.0928 e. The molecular weight excluding hydrogens is 117 g/mol. The molecule has 2 fully saturated rings. The maximum atomic E-state index is 12.1. The Morgan fingerprint density at radius 3 is 2.89 bits per heavy atom. The first-order valence-corrected chi connectivity index (χ1v) is 3.70. The Hall–Kier alpha value is -0.110. The van der Waals surface area contributed by atoms with Crippen LogP contribution >= 0.6 is 0 Å². The molecule has 2 rings (SSSR count). The van der Waals surface area contributed by atoms with Crippen molar-refractivity contribution >= 4 is 0 Å². The normalized spacial score (nSPS) is 48.3. The van der Waals surface area contributed by atoms with Gasteiger partial charge < -0.3 is 5.32 Å². The molecule has 0 bridgehead atoms. The second-order valence-electron chi connectivity index (χ2n) is 3.14. The highest BCUT2D eigenvalue weighted by Gasteiger charge is 2.50. The standard InChI is InChI=1S/C7H12FN/c8-3-6-5-1-2-9-4-7(5)6/h5-7,9H,1-4H2. The van der Waals surface area contributed by atoms with E-state index in [4.69, 9.17) is 0 Å². The molecule has 2 heteroatoms. The van der Waals surface area contributed by atoms with Gasteiger partial charge in [0.1, 0.15) is 0 Å². The van der Waals surface area contributed by atoms with Crippen molar-refractivity contribution in [1.82, 2.24) is 5.32 Å². The Morgan fingerprint density at radius 1 is 1.44 bits per heavy atom. The minimum atomic E-state index is -0.0863. The highest BCUT2D eigenvalue weighted by molar-refractivity contribution is 5.00. The maximum Gasteiger partial charge on any atom is 0.0928 e. The van der Waals surface area contributed by atoms with Crippen LogP contribution in [-0.4, -0.2) is 19.8 Å². The molecule has 1 saturated carbocycles. The van der Waals surface area contributed by atoms with Crippen LogP contribution in [0.1, 0.15) is 6.42 Å². The molecule has 0 aromatic carbocycles. The van der Waals surface area contributed by atoms with Crippen molar-refractivity contribution in [3.05, 3.63) is 0 Å². The summed E-state index contributed by atoms with van der Waals surface area (Å²) in [4.78, 5) is 0. The van der Waals surface area contributed by atoms with E-state index in [9.17, 15) is 4.39 Å². The van der Waals surface area contributed by atoms with Crippen molar-refractivity contribution in [2.45, 2.75) is 6.42 Å². The van der Waals surface area contributed by atoms with Crippen molar-refractivity contribution in [3.63, 3.8) is 0 Å². The zero-order valence-electron chi connectivity index (χ0n) is 5.44. The van der Waals surface area contributed by atoms with Crippen LogP contribution in [0, 0.1) is 17.8 Å². The van der Waals surface area contributed by atoms with Gasteiger partial charge in [-0.3, -0.25) is 4.39 Å². The van der Waals surface area contributed by atoms with E-state index in [2.05, 4.69) is 5.32 Å². The lowest BCUT2D eigenvalue weighted by Crippen LogP contribution is -2.23. The zero-order chi connectivity index (χ0) is 6.27. The van der Waals surface area contributed by atoms with Gasteiger partial charge in [-0.1, -0.05) is 0 Å². The second-order valence-corrected chi connectivity index (χ2v) is 3.14. The average Bonchev–Trinajstić information content (AvgIpc) is 2.60. The van der Waals surface area contributed by atoms with Gasteiger partial charge in [-0.25, -0.2) is 0 Å². The van der Waals surface area contributed by atoms with Crippen LogP contribution in [-0.2, 0) is 0 Å². The van der Waals surface area contributed by atoms with E-state index in [1.165, 1.54) is 6.42 Å². The number of hydrogen-bond donors (Lipinski definition) is 1. The van der Waals surface area contributed by atoms with Crippen molar-refractivity contribution in [1.29, 1.82) is 0 Å². The van der Waals surface area contributed by atoms with Gasteiger partial charge in [0.25, 0.3) is 0 Å². The molecule has 0 spiro atoms. The van der Waals surface area contributed by atoms with Crippen LogP contribution < -0.4 is 5.32 Å². The van der Waals surface area contributed by atoms with Crippen molar-refractivity contribution in [2.75, 3.05) is 19.8 Å². The van der Waals surface area contributed by atoms with E-state index in [-0.39, 0.29) is 6.67 Å².